The van der Waals surface area contributed by atoms with E-state index in [-0.39, 0.29) is 17.8 Å². The highest BCUT2D eigenvalue weighted by molar-refractivity contribution is 5.96. The van der Waals surface area contributed by atoms with Crippen molar-refractivity contribution in [2.75, 3.05) is 39.6 Å². The van der Waals surface area contributed by atoms with Crippen molar-refractivity contribution >= 4 is 11.9 Å². The minimum atomic E-state index is -0.178. The van der Waals surface area contributed by atoms with Crippen LogP contribution >= 0.6 is 0 Å². The van der Waals surface area contributed by atoms with Crippen molar-refractivity contribution in [3.63, 3.8) is 0 Å². The number of aryl methyl sites for hydroxylation is 2. The molecule has 1 N–H and O–H groups in total. The van der Waals surface area contributed by atoms with E-state index >= 15 is 0 Å². The largest absolute Gasteiger partial charge is 0.465 e. The SMILES string of the molecule is CCc1nn(CCCOC(=O)C2CCOC2)c2c1C(=O)NCCCOCCC2. The molecule has 3 heterocycles. The Balaban J connectivity index is 1.63. The molecular formula is C20H31N3O5. The number of hydrogen-bond acceptors (Lipinski definition) is 6. The zero-order valence-electron chi connectivity index (χ0n) is 16.7. The van der Waals surface area contributed by atoms with Crippen LogP contribution in [0.1, 0.15) is 54.4 Å². The maximum Gasteiger partial charge on any atom is 0.311 e. The molecule has 28 heavy (non-hydrogen) atoms. The average Bonchev–Trinajstić information content (AvgIpc) is 3.34. The molecule has 1 atom stereocenters. The molecule has 156 valence electrons. The van der Waals surface area contributed by atoms with Crippen LogP contribution in [0, 0.1) is 5.92 Å². The van der Waals surface area contributed by atoms with Crippen LogP contribution in [-0.2, 0) is 38.4 Å². The second-order valence-electron chi connectivity index (χ2n) is 7.25. The lowest BCUT2D eigenvalue weighted by molar-refractivity contribution is -0.148. The lowest BCUT2D eigenvalue weighted by atomic mass is 10.1. The Kier molecular flexibility index (Phi) is 7.85. The molecule has 0 radical (unpaired) electrons. The van der Waals surface area contributed by atoms with Gasteiger partial charge in [0.2, 0.25) is 0 Å². The number of aromatic nitrogens is 2. The minimum Gasteiger partial charge on any atom is -0.465 e. The summed E-state index contributed by atoms with van der Waals surface area (Å²) < 4.78 is 18.1. The van der Waals surface area contributed by atoms with Crippen molar-refractivity contribution in [3.05, 3.63) is 17.0 Å². The molecule has 8 heteroatoms. The van der Waals surface area contributed by atoms with E-state index in [4.69, 9.17) is 14.2 Å². The third kappa shape index (κ3) is 5.32. The fourth-order valence-electron chi connectivity index (χ4n) is 3.63. The Hall–Kier alpha value is -1.93. The van der Waals surface area contributed by atoms with Crippen molar-refractivity contribution in [2.24, 2.45) is 5.92 Å². The van der Waals surface area contributed by atoms with Crippen LogP contribution in [0.15, 0.2) is 0 Å². The molecule has 1 unspecified atom stereocenters. The number of nitrogens with one attached hydrogen (secondary N) is 1. The second-order valence-corrected chi connectivity index (χ2v) is 7.25. The summed E-state index contributed by atoms with van der Waals surface area (Å²) in [5.41, 5.74) is 2.49. The molecule has 8 nitrogen and oxygen atoms in total. The summed E-state index contributed by atoms with van der Waals surface area (Å²) in [6.07, 6.45) is 4.52. The summed E-state index contributed by atoms with van der Waals surface area (Å²) in [6, 6.07) is 0. The number of amides is 1. The van der Waals surface area contributed by atoms with Gasteiger partial charge in [0.1, 0.15) is 0 Å². The molecule has 2 aliphatic heterocycles. The van der Waals surface area contributed by atoms with Gasteiger partial charge in [-0.2, -0.15) is 5.10 Å². The van der Waals surface area contributed by atoms with Crippen LogP contribution in [0.4, 0.5) is 0 Å². The third-order valence-corrected chi connectivity index (χ3v) is 5.17. The van der Waals surface area contributed by atoms with Crippen molar-refractivity contribution in [3.8, 4) is 0 Å². The smallest absolute Gasteiger partial charge is 0.311 e. The molecule has 0 bridgehead atoms. The van der Waals surface area contributed by atoms with Gasteiger partial charge < -0.3 is 19.5 Å². The molecule has 1 saturated heterocycles. The topological polar surface area (TPSA) is 91.7 Å². The zero-order valence-corrected chi connectivity index (χ0v) is 16.7. The summed E-state index contributed by atoms with van der Waals surface area (Å²) in [5.74, 6) is -0.354. The molecule has 0 aliphatic carbocycles. The van der Waals surface area contributed by atoms with Crippen LogP contribution in [0.2, 0.25) is 0 Å². The zero-order chi connectivity index (χ0) is 19.8. The quantitative estimate of drug-likeness (QED) is 0.582. The summed E-state index contributed by atoms with van der Waals surface area (Å²) in [6.45, 7) is 6.02. The first-order valence-electron chi connectivity index (χ1n) is 10.4. The van der Waals surface area contributed by atoms with Crippen LogP contribution in [-0.4, -0.2) is 61.2 Å². The van der Waals surface area contributed by atoms with Gasteiger partial charge in [0, 0.05) is 39.3 Å². The van der Waals surface area contributed by atoms with Gasteiger partial charge in [-0.25, -0.2) is 0 Å². The van der Waals surface area contributed by atoms with Crippen molar-refractivity contribution in [1.29, 1.82) is 0 Å². The molecule has 2 aliphatic rings. The van der Waals surface area contributed by atoms with Crippen LogP contribution in [0.5, 0.6) is 0 Å². The van der Waals surface area contributed by atoms with E-state index < -0.39 is 0 Å². The number of carbonyl (C=O) groups is 2. The molecule has 1 aromatic heterocycles. The highest BCUT2D eigenvalue weighted by Gasteiger charge is 2.25. The first-order chi connectivity index (χ1) is 13.7. The lowest BCUT2D eigenvalue weighted by Crippen LogP contribution is -2.26. The number of fused-ring (bicyclic) bond motifs is 1. The Bertz CT molecular complexity index is 667. The number of esters is 1. The molecule has 1 aromatic rings. The molecule has 1 fully saturated rings. The maximum absolute atomic E-state index is 12.7. The summed E-state index contributed by atoms with van der Waals surface area (Å²) in [7, 11) is 0. The Morgan fingerprint density at radius 1 is 1.29 bits per heavy atom. The van der Waals surface area contributed by atoms with E-state index in [1.807, 2.05) is 11.6 Å². The standard InChI is InChI=1S/C20H31N3O5/c1-2-16-18-17(6-3-10-26-11-4-8-21-19(18)24)23(22-16)9-5-12-28-20(25)15-7-13-27-14-15/h15H,2-14H2,1H3,(H,21,24). The van der Waals surface area contributed by atoms with Gasteiger partial charge in [0.15, 0.2) is 0 Å². The van der Waals surface area contributed by atoms with Crippen LogP contribution in [0.3, 0.4) is 0 Å². The van der Waals surface area contributed by atoms with Gasteiger partial charge in [-0.05, 0) is 32.1 Å². The van der Waals surface area contributed by atoms with Gasteiger partial charge in [-0.15, -0.1) is 0 Å². The Labute approximate surface area is 165 Å². The number of nitrogens with zero attached hydrogens (tertiary/aromatic N) is 2. The van der Waals surface area contributed by atoms with Crippen LogP contribution in [0.25, 0.3) is 0 Å². The first-order valence-corrected chi connectivity index (χ1v) is 10.4. The van der Waals surface area contributed by atoms with Gasteiger partial charge in [0.05, 0.1) is 36.1 Å². The van der Waals surface area contributed by atoms with Gasteiger partial charge in [-0.1, -0.05) is 6.92 Å². The van der Waals surface area contributed by atoms with Gasteiger partial charge in [-0.3, -0.25) is 14.3 Å². The summed E-state index contributed by atoms with van der Waals surface area (Å²) >= 11 is 0. The predicted molar refractivity (Wildman–Crippen MR) is 102 cm³/mol. The van der Waals surface area contributed by atoms with Gasteiger partial charge >= 0.3 is 5.97 Å². The van der Waals surface area contributed by atoms with E-state index in [1.54, 1.807) is 0 Å². The first kappa shape index (κ1) is 20.8. The third-order valence-electron chi connectivity index (χ3n) is 5.17. The van der Waals surface area contributed by atoms with E-state index in [0.29, 0.717) is 64.5 Å². The Morgan fingerprint density at radius 2 is 2.14 bits per heavy atom. The second kappa shape index (κ2) is 10.6. The fraction of sp³-hybridized carbons (Fsp3) is 0.750. The lowest BCUT2D eigenvalue weighted by Gasteiger charge is -2.11. The van der Waals surface area contributed by atoms with Crippen molar-refractivity contribution in [2.45, 2.75) is 52.0 Å². The van der Waals surface area contributed by atoms with E-state index in [0.717, 1.165) is 37.1 Å². The molecule has 1 amide bonds. The summed E-state index contributed by atoms with van der Waals surface area (Å²) in [4.78, 5) is 24.7. The van der Waals surface area contributed by atoms with Crippen molar-refractivity contribution in [1.82, 2.24) is 15.1 Å². The van der Waals surface area contributed by atoms with E-state index in [9.17, 15) is 9.59 Å². The number of hydrogen-bond donors (Lipinski definition) is 1. The minimum absolute atomic E-state index is 0.0485. The summed E-state index contributed by atoms with van der Waals surface area (Å²) in [5, 5.41) is 7.66. The molecule has 0 aromatic carbocycles. The molecular weight excluding hydrogens is 362 g/mol. The van der Waals surface area contributed by atoms with Crippen molar-refractivity contribution < 1.29 is 23.8 Å². The maximum atomic E-state index is 12.7. The Morgan fingerprint density at radius 3 is 2.93 bits per heavy atom. The fourth-order valence-corrected chi connectivity index (χ4v) is 3.63. The molecule has 3 rings (SSSR count). The van der Waals surface area contributed by atoms with Gasteiger partial charge in [0.25, 0.3) is 5.91 Å². The predicted octanol–water partition coefficient (Wildman–Crippen LogP) is 1.50. The van der Waals surface area contributed by atoms with E-state index in [1.165, 1.54) is 0 Å². The number of carbonyl (C=O) groups excluding carboxylic acids is 2. The number of rotatable bonds is 6. The van der Waals surface area contributed by atoms with E-state index in [2.05, 4.69) is 10.4 Å². The molecule has 0 saturated carbocycles. The highest BCUT2D eigenvalue weighted by Crippen LogP contribution is 2.19. The van der Waals surface area contributed by atoms with Crippen LogP contribution < -0.4 is 5.32 Å². The normalized spacial score (nSPS) is 20.9. The monoisotopic (exact) mass is 393 g/mol. The molecule has 0 spiro atoms. The highest BCUT2D eigenvalue weighted by atomic mass is 16.5. The number of ether oxygens (including phenoxy) is 3. The average molecular weight is 393 g/mol.